The topological polar surface area (TPSA) is 20.2 Å². The van der Waals surface area contributed by atoms with E-state index in [-0.39, 0.29) is 6.61 Å². The Balaban J connectivity index is 2.46. The van der Waals surface area contributed by atoms with Gasteiger partial charge in [0.25, 0.3) is 0 Å². The smallest absolute Gasteiger partial charge is 0.0612 e. The lowest BCUT2D eigenvalue weighted by Gasteiger charge is -2.05. The summed E-state index contributed by atoms with van der Waals surface area (Å²) in [6.07, 6.45) is 5.87. The molecule has 0 saturated heterocycles. The quantitative estimate of drug-likeness (QED) is 0.730. The van der Waals surface area contributed by atoms with Gasteiger partial charge in [0.05, 0.1) is 6.61 Å². The van der Waals surface area contributed by atoms with E-state index in [1.165, 1.54) is 11.1 Å². The van der Waals surface area contributed by atoms with Gasteiger partial charge in [0, 0.05) is 0 Å². The first kappa shape index (κ1) is 12.0. The number of aryl methyl sites for hydroxylation is 1. The van der Waals surface area contributed by atoms with Crippen molar-refractivity contribution in [3.8, 4) is 0 Å². The Morgan fingerprint density at radius 1 is 1.13 bits per heavy atom. The summed E-state index contributed by atoms with van der Waals surface area (Å²) >= 11 is 0. The number of hydrogen-bond donors (Lipinski definition) is 1. The number of allylic oxidation sites excluding steroid dienone is 1. The molecule has 1 aromatic carbocycles. The van der Waals surface area contributed by atoms with Crippen molar-refractivity contribution in [3.63, 3.8) is 0 Å². The minimum atomic E-state index is 0.145. The van der Waals surface area contributed by atoms with Gasteiger partial charge < -0.3 is 5.11 Å². The number of aliphatic hydroxyl groups excluding tert-OH is 1. The van der Waals surface area contributed by atoms with Gasteiger partial charge >= 0.3 is 0 Å². The normalized spacial score (nSPS) is 11.5. The van der Waals surface area contributed by atoms with Crippen molar-refractivity contribution in [3.05, 3.63) is 47.5 Å². The molecule has 0 amide bonds. The number of aliphatic hydroxyl groups is 1. The van der Waals surface area contributed by atoms with Crippen LogP contribution in [0.5, 0.6) is 0 Å². The highest BCUT2D eigenvalue weighted by atomic mass is 16.2. The van der Waals surface area contributed by atoms with Crippen molar-refractivity contribution in [2.45, 2.75) is 32.6 Å². The zero-order valence-electron chi connectivity index (χ0n) is 9.61. The van der Waals surface area contributed by atoms with Crippen molar-refractivity contribution in [2.75, 3.05) is 6.61 Å². The summed E-state index contributed by atoms with van der Waals surface area (Å²) < 4.78 is 0. The number of rotatable bonds is 5. The van der Waals surface area contributed by atoms with Gasteiger partial charge in [-0.1, -0.05) is 50.3 Å². The molecule has 0 unspecified atom stereocenters. The summed E-state index contributed by atoms with van der Waals surface area (Å²) in [4.78, 5) is 0. The SMILES string of the molecule is CC(C)c1ccc(CCC=CCO)cc1. The van der Waals surface area contributed by atoms with Crippen molar-refractivity contribution in [1.29, 1.82) is 0 Å². The molecule has 0 heterocycles. The van der Waals surface area contributed by atoms with Crippen LogP contribution < -0.4 is 0 Å². The first-order valence-corrected chi connectivity index (χ1v) is 5.58. The molecule has 0 atom stereocenters. The van der Waals surface area contributed by atoms with Gasteiger partial charge in [0.2, 0.25) is 0 Å². The predicted octanol–water partition coefficient (Wildman–Crippen LogP) is 3.29. The molecule has 0 aliphatic rings. The first-order valence-electron chi connectivity index (χ1n) is 5.58. The van der Waals surface area contributed by atoms with Crippen molar-refractivity contribution >= 4 is 0 Å². The Morgan fingerprint density at radius 2 is 1.80 bits per heavy atom. The number of hydrogen-bond acceptors (Lipinski definition) is 1. The zero-order chi connectivity index (χ0) is 11.1. The standard InChI is InChI=1S/C14H20O/c1-12(2)14-9-7-13(8-10-14)6-4-3-5-11-15/h3,5,7-10,12,15H,4,6,11H2,1-2H3. The fourth-order valence-electron chi connectivity index (χ4n) is 1.51. The van der Waals surface area contributed by atoms with E-state index in [2.05, 4.69) is 38.1 Å². The zero-order valence-corrected chi connectivity index (χ0v) is 9.61. The number of benzene rings is 1. The Morgan fingerprint density at radius 3 is 2.33 bits per heavy atom. The molecule has 0 bridgehead atoms. The molecule has 15 heavy (non-hydrogen) atoms. The van der Waals surface area contributed by atoms with Crippen LogP contribution in [-0.2, 0) is 6.42 Å². The Labute approximate surface area is 92.5 Å². The van der Waals surface area contributed by atoms with E-state index in [0.717, 1.165) is 12.8 Å². The second-order valence-corrected chi connectivity index (χ2v) is 4.09. The van der Waals surface area contributed by atoms with Crippen LogP contribution in [0.25, 0.3) is 0 Å². The van der Waals surface area contributed by atoms with Gasteiger partial charge in [-0.2, -0.15) is 0 Å². The molecule has 1 nitrogen and oxygen atoms in total. The van der Waals surface area contributed by atoms with Crippen LogP contribution >= 0.6 is 0 Å². The molecule has 0 aromatic heterocycles. The van der Waals surface area contributed by atoms with Crippen LogP contribution in [0.3, 0.4) is 0 Å². The molecule has 0 radical (unpaired) electrons. The molecule has 0 aliphatic heterocycles. The van der Waals surface area contributed by atoms with E-state index < -0.39 is 0 Å². The Hall–Kier alpha value is -1.08. The molecule has 1 N–H and O–H groups in total. The molecule has 82 valence electrons. The van der Waals surface area contributed by atoms with Crippen LogP contribution in [0.4, 0.5) is 0 Å². The summed E-state index contributed by atoms with van der Waals surface area (Å²) in [5, 5.41) is 8.57. The van der Waals surface area contributed by atoms with Crippen molar-refractivity contribution < 1.29 is 5.11 Å². The lowest BCUT2D eigenvalue weighted by molar-refractivity contribution is 0.342. The maximum Gasteiger partial charge on any atom is 0.0612 e. The molecule has 0 spiro atoms. The average molecular weight is 204 g/mol. The predicted molar refractivity (Wildman–Crippen MR) is 65.1 cm³/mol. The van der Waals surface area contributed by atoms with Crippen LogP contribution in [-0.4, -0.2) is 11.7 Å². The molecule has 1 rings (SSSR count). The fourth-order valence-corrected chi connectivity index (χ4v) is 1.51. The van der Waals surface area contributed by atoms with Gasteiger partial charge in [0.1, 0.15) is 0 Å². The minimum Gasteiger partial charge on any atom is -0.392 e. The second kappa shape index (κ2) is 6.41. The molecular formula is C14H20O. The van der Waals surface area contributed by atoms with Crippen molar-refractivity contribution in [2.24, 2.45) is 0 Å². The maximum absolute atomic E-state index is 8.57. The highest BCUT2D eigenvalue weighted by Crippen LogP contribution is 2.15. The highest BCUT2D eigenvalue weighted by Gasteiger charge is 1.97. The molecule has 0 aliphatic carbocycles. The van der Waals surface area contributed by atoms with Gasteiger partial charge in [0.15, 0.2) is 0 Å². The third-order valence-electron chi connectivity index (χ3n) is 2.52. The summed E-state index contributed by atoms with van der Waals surface area (Å²) in [7, 11) is 0. The van der Waals surface area contributed by atoms with Gasteiger partial charge in [-0.25, -0.2) is 0 Å². The minimum absolute atomic E-state index is 0.145. The van der Waals surface area contributed by atoms with Crippen LogP contribution in [0, 0.1) is 0 Å². The van der Waals surface area contributed by atoms with E-state index in [0.29, 0.717) is 5.92 Å². The summed E-state index contributed by atoms with van der Waals surface area (Å²) in [6.45, 7) is 4.56. The average Bonchev–Trinajstić information content (AvgIpc) is 2.25. The van der Waals surface area contributed by atoms with E-state index in [4.69, 9.17) is 5.11 Å². The lowest BCUT2D eigenvalue weighted by atomic mass is 10.0. The molecule has 1 heteroatoms. The van der Waals surface area contributed by atoms with E-state index in [9.17, 15) is 0 Å². The van der Waals surface area contributed by atoms with Crippen LogP contribution in [0.1, 0.15) is 37.3 Å². The first-order chi connectivity index (χ1) is 7.24. The highest BCUT2D eigenvalue weighted by molar-refractivity contribution is 5.24. The molecule has 0 saturated carbocycles. The third-order valence-corrected chi connectivity index (χ3v) is 2.52. The fraction of sp³-hybridized carbons (Fsp3) is 0.429. The van der Waals surface area contributed by atoms with Crippen molar-refractivity contribution in [1.82, 2.24) is 0 Å². The van der Waals surface area contributed by atoms with Gasteiger partial charge in [-0.15, -0.1) is 0 Å². The summed E-state index contributed by atoms with van der Waals surface area (Å²) in [6, 6.07) is 8.80. The Bertz CT molecular complexity index is 296. The van der Waals surface area contributed by atoms with Gasteiger partial charge in [-0.3, -0.25) is 0 Å². The molecular weight excluding hydrogens is 184 g/mol. The van der Waals surface area contributed by atoms with E-state index in [1.807, 2.05) is 6.08 Å². The summed E-state index contributed by atoms with van der Waals surface area (Å²) in [5.41, 5.74) is 2.76. The van der Waals surface area contributed by atoms with Crippen LogP contribution in [0.2, 0.25) is 0 Å². The largest absolute Gasteiger partial charge is 0.392 e. The molecule has 1 aromatic rings. The monoisotopic (exact) mass is 204 g/mol. The summed E-state index contributed by atoms with van der Waals surface area (Å²) in [5.74, 6) is 0.605. The van der Waals surface area contributed by atoms with Crippen LogP contribution in [0.15, 0.2) is 36.4 Å². The lowest BCUT2D eigenvalue weighted by Crippen LogP contribution is -1.89. The van der Waals surface area contributed by atoms with Gasteiger partial charge in [-0.05, 0) is 29.9 Å². The van der Waals surface area contributed by atoms with E-state index in [1.54, 1.807) is 6.08 Å². The maximum atomic E-state index is 8.57. The molecule has 0 fully saturated rings. The van der Waals surface area contributed by atoms with E-state index >= 15 is 0 Å². The third kappa shape index (κ3) is 4.30. The Kier molecular flexibility index (Phi) is 5.13. The second-order valence-electron chi connectivity index (χ2n) is 4.09.